The van der Waals surface area contributed by atoms with Gasteiger partial charge in [0.15, 0.2) is 0 Å². The molecule has 1 unspecified atom stereocenters. The first-order valence-corrected chi connectivity index (χ1v) is 19.4. The van der Waals surface area contributed by atoms with Crippen LogP contribution in [-0.4, -0.2) is 87.4 Å². The fourth-order valence-corrected chi connectivity index (χ4v) is 9.17. The Labute approximate surface area is 316 Å². The van der Waals surface area contributed by atoms with E-state index < -0.39 is 53.6 Å². The molecule has 5 amide bonds. The van der Waals surface area contributed by atoms with Gasteiger partial charge in [-0.25, -0.2) is 4.98 Å². The molecule has 13 heteroatoms. The number of ketones is 1. The standard InChI is InChI=1S/C41H53N7O6/c1-5-12-29(35(49)39(53)44-17-6-2)45-38(52)34-31-28(41(31,3)4)23-48(34)40(54)33(27-20-25-15-10-11-16-26(25)21-27)47-37(51)32(24-13-8-7-9-14-24)46-36(50)30-22-42-18-19-43-30/h6,10-11,15-16,18-19,22,24,27-29,31-34H,2,5,7-9,12-14,17,20-21,23H2,1,3-4H3,(H,44,53)(H,45,52)(H,46,50)(H,47,51)/t28-,29?,31-,32-,33-,34-/m0/s1. The first-order chi connectivity index (χ1) is 26.0. The summed E-state index contributed by atoms with van der Waals surface area (Å²) in [5, 5.41) is 11.4. The van der Waals surface area contributed by atoms with Gasteiger partial charge in [-0.2, -0.15) is 0 Å². The van der Waals surface area contributed by atoms with E-state index >= 15 is 4.79 Å². The normalized spacial score (nSPS) is 23.2. The molecule has 1 aromatic carbocycles. The predicted molar refractivity (Wildman–Crippen MR) is 200 cm³/mol. The number of rotatable bonds is 15. The highest BCUT2D eigenvalue weighted by Crippen LogP contribution is 2.65. The van der Waals surface area contributed by atoms with Crippen molar-refractivity contribution in [3.63, 3.8) is 0 Å². The van der Waals surface area contributed by atoms with Crippen molar-refractivity contribution in [1.82, 2.24) is 36.1 Å². The Kier molecular flexibility index (Phi) is 11.9. The number of Topliss-reactive ketones (excluding diaryl/α,β-unsaturated/α-hetero) is 1. The summed E-state index contributed by atoms with van der Waals surface area (Å²) in [6, 6.07) is 4.14. The fourth-order valence-electron chi connectivity index (χ4n) is 9.17. The number of carbonyl (C=O) groups is 6. The topological polar surface area (TPSA) is 180 Å². The Hall–Kier alpha value is -4.94. The third-order valence-corrected chi connectivity index (χ3v) is 12.2. The minimum Gasteiger partial charge on any atom is -0.346 e. The van der Waals surface area contributed by atoms with Gasteiger partial charge in [-0.1, -0.05) is 76.8 Å². The maximum Gasteiger partial charge on any atom is 0.289 e. The predicted octanol–water partition coefficient (Wildman–Crippen LogP) is 2.69. The van der Waals surface area contributed by atoms with Gasteiger partial charge in [-0.3, -0.25) is 33.8 Å². The van der Waals surface area contributed by atoms with Crippen molar-refractivity contribution < 1.29 is 28.8 Å². The van der Waals surface area contributed by atoms with Crippen LogP contribution in [0.1, 0.15) is 87.3 Å². The Morgan fingerprint density at radius 2 is 1.65 bits per heavy atom. The summed E-state index contributed by atoms with van der Waals surface area (Å²) in [5.74, 6) is -3.91. The van der Waals surface area contributed by atoms with E-state index in [-0.39, 0.29) is 53.7 Å². The molecule has 3 fully saturated rings. The van der Waals surface area contributed by atoms with Crippen molar-refractivity contribution in [2.45, 2.75) is 103 Å². The molecule has 0 radical (unpaired) electrons. The lowest BCUT2D eigenvalue weighted by Gasteiger charge is -2.37. The van der Waals surface area contributed by atoms with Crippen LogP contribution in [0.25, 0.3) is 0 Å². The van der Waals surface area contributed by atoms with Gasteiger partial charge < -0.3 is 26.2 Å². The van der Waals surface area contributed by atoms with Crippen LogP contribution in [0.5, 0.6) is 0 Å². The second-order valence-corrected chi connectivity index (χ2v) is 16.0. The monoisotopic (exact) mass is 739 g/mol. The number of nitrogens with zero attached hydrogens (tertiary/aromatic N) is 3. The number of nitrogens with one attached hydrogen (secondary N) is 4. The van der Waals surface area contributed by atoms with Crippen LogP contribution in [0.15, 0.2) is 55.5 Å². The number of fused-ring (bicyclic) bond motifs is 2. The molecule has 2 heterocycles. The number of benzene rings is 1. The van der Waals surface area contributed by atoms with Gasteiger partial charge in [0.2, 0.25) is 23.5 Å². The third-order valence-electron chi connectivity index (χ3n) is 12.2. The minimum absolute atomic E-state index is 0.0480. The van der Waals surface area contributed by atoms with Crippen molar-refractivity contribution in [2.24, 2.45) is 29.1 Å². The fraction of sp³-hybridized carbons (Fsp3) is 0.561. The second-order valence-electron chi connectivity index (χ2n) is 16.0. The van der Waals surface area contributed by atoms with E-state index in [4.69, 9.17) is 0 Å². The minimum atomic E-state index is -1.06. The molecular weight excluding hydrogens is 686 g/mol. The average Bonchev–Trinajstić information content (AvgIpc) is 3.53. The number of hydrogen-bond donors (Lipinski definition) is 4. The van der Waals surface area contributed by atoms with E-state index in [1.165, 1.54) is 24.7 Å². The molecule has 0 bridgehead atoms. The summed E-state index contributed by atoms with van der Waals surface area (Å²) >= 11 is 0. The van der Waals surface area contributed by atoms with E-state index in [0.717, 1.165) is 43.2 Å². The van der Waals surface area contributed by atoms with Crippen molar-refractivity contribution in [2.75, 3.05) is 13.1 Å². The molecular formula is C41H53N7O6. The molecule has 2 aromatic rings. The SMILES string of the molecule is C=CCNC(=O)C(=O)C(CCC)NC(=O)[C@@H]1[C@@H]2[C@H](CN1C(=O)[C@@H](NC(=O)[C@@H](NC(=O)c1cnccn1)C1CCCCC1)C1Cc3ccccc3C1)C2(C)C. The second kappa shape index (κ2) is 16.6. The lowest BCUT2D eigenvalue weighted by Crippen LogP contribution is -2.62. The summed E-state index contributed by atoms with van der Waals surface area (Å²) in [6.45, 7) is 10.0. The van der Waals surface area contributed by atoms with Crippen LogP contribution in [0, 0.1) is 29.1 Å². The molecule has 6 atom stereocenters. The van der Waals surface area contributed by atoms with Gasteiger partial charge in [0.1, 0.15) is 23.8 Å². The number of piperidine rings is 1. The molecule has 3 aliphatic carbocycles. The van der Waals surface area contributed by atoms with E-state index in [2.05, 4.69) is 51.7 Å². The smallest absolute Gasteiger partial charge is 0.289 e. The van der Waals surface area contributed by atoms with E-state index in [9.17, 15) is 24.0 Å². The van der Waals surface area contributed by atoms with Crippen LogP contribution in [0.4, 0.5) is 0 Å². The summed E-state index contributed by atoms with van der Waals surface area (Å²) < 4.78 is 0. The molecule has 0 spiro atoms. The van der Waals surface area contributed by atoms with Gasteiger partial charge in [-0.05, 0) is 72.3 Å². The number of amides is 5. The average molecular weight is 740 g/mol. The molecule has 54 heavy (non-hydrogen) atoms. The van der Waals surface area contributed by atoms with Gasteiger partial charge in [0, 0.05) is 25.5 Å². The van der Waals surface area contributed by atoms with E-state index in [1.807, 2.05) is 31.2 Å². The van der Waals surface area contributed by atoms with E-state index in [0.29, 0.717) is 25.8 Å². The molecule has 4 N–H and O–H groups in total. The summed E-state index contributed by atoms with van der Waals surface area (Å²) in [6.07, 6.45) is 12.0. The van der Waals surface area contributed by atoms with Crippen LogP contribution in [0.2, 0.25) is 0 Å². The van der Waals surface area contributed by atoms with Crippen LogP contribution in [0.3, 0.4) is 0 Å². The Morgan fingerprint density at radius 1 is 0.944 bits per heavy atom. The summed E-state index contributed by atoms with van der Waals surface area (Å²) in [5.41, 5.74) is 2.08. The Balaban J connectivity index is 1.28. The number of hydrogen-bond acceptors (Lipinski definition) is 8. The molecule has 1 aliphatic heterocycles. The largest absolute Gasteiger partial charge is 0.346 e. The number of aromatic nitrogens is 2. The maximum absolute atomic E-state index is 15.0. The molecule has 1 aromatic heterocycles. The molecule has 2 saturated carbocycles. The lowest BCUT2D eigenvalue weighted by atomic mass is 9.83. The zero-order valence-corrected chi connectivity index (χ0v) is 31.5. The van der Waals surface area contributed by atoms with Crippen LogP contribution < -0.4 is 21.3 Å². The van der Waals surface area contributed by atoms with Gasteiger partial charge in [-0.15, -0.1) is 6.58 Å². The maximum atomic E-state index is 15.0. The highest BCUT2D eigenvalue weighted by molar-refractivity contribution is 6.38. The lowest BCUT2D eigenvalue weighted by molar-refractivity contribution is -0.146. The molecule has 1 saturated heterocycles. The Bertz CT molecular complexity index is 1730. The van der Waals surface area contributed by atoms with Gasteiger partial charge in [0.05, 0.1) is 12.2 Å². The van der Waals surface area contributed by atoms with Crippen molar-refractivity contribution >= 4 is 35.3 Å². The van der Waals surface area contributed by atoms with Crippen molar-refractivity contribution in [3.05, 3.63) is 72.3 Å². The highest BCUT2D eigenvalue weighted by Gasteiger charge is 2.70. The quantitative estimate of drug-likeness (QED) is 0.159. The van der Waals surface area contributed by atoms with Gasteiger partial charge in [0.25, 0.3) is 11.8 Å². The zero-order chi connectivity index (χ0) is 38.6. The summed E-state index contributed by atoms with van der Waals surface area (Å²) in [7, 11) is 0. The number of carbonyl (C=O) groups excluding carboxylic acids is 6. The van der Waals surface area contributed by atoms with Crippen molar-refractivity contribution in [1.29, 1.82) is 0 Å². The Morgan fingerprint density at radius 3 is 2.28 bits per heavy atom. The molecule has 288 valence electrons. The van der Waals surface area contributed by atoms with Crippen molar-refractivity contribution in [3.8, 4) is 0 Å². The first-order valence-electron chi connectivity index (χ1n) is 19.4. The van der Waals surface area contributed by atoms with Crippen LogP contribution >= 0.6 is 0 Å². The first kappa shape index (κ1) is 38.8. The number of likely N-dealkylation sites (tertiary alicyclic amines) is 1. The zero-order valence-electron chi connectivity index (χ0n) is 31.5. The third kappa shape index (κ3) is 8.09. The molecule has 6 rings (SSSR count). The molecule has 4 aliphatic rings. The van der Waals surface area contributed by atoms with E-state index in [1.54, 1.807) is 4.90 Å². The van der Waals surface area contributed by atoms with Crippen LogP contribution in [-0.2, 0) is 36.8 Å². The molecule has 13 nitrogen and oxygen atoms in total. The summed E-state index contributed by atoms with van der Waals surface area (Å²) in [4.78, 5) is 92.7. The highest BCUT2D eigenvalue weighted by atomic mass is 16.2. The van der Waals surface area contributed by atoms with Gasteiger partial charge >= 0.3 is 0 Å².